The summed E-state index contributed by atoms with van der Waals surface area (Å²) in [5.41, 5.74) is 4.31. The first-order valence-electron chi connectivity index (χ1n) is 5.87. The second-order valence-corrected chi connectivity index (χ2v) is 5.27. The molecule has 1 heteroatoms. The molecular formula is C16H14S. The third kappa shape index (κ3) is 2.29. The minimum Gasteiger partial charge on any atom is -0.121 e. The molecule has 1 aromatic carbocycles. The monoisotopic (exact) mass is 238 g/mol. The van der Waals surface area contributed by atoms with Gasteiger partial charge >= 0.3 is 0 Å². The molecule has 1 aliphatic heterocycles. The van der Waals surface area contributed by atoms with Crippen molar-refractivity contribution in [1.29, 1.82) is 0 Å². The average Bonchev–Trinajstić information content (AvgIpc) is 2.61. The summed E-state index contributed by atoms with van der Waals surface area (Å²) in [5.74, 6) is 0. The second kappa shape index (κ2) is 4.80. The van der Waals surface area contributed by atoms with E-state index in [0.29, 0.717) is 5.25 Å². The molecule has 1 unspecified atom stereocenters. The van der Waals surface area contributed by atoms with Gasteiger partial charge in [0.25, 0.3) is 0 Å². The Balaban J connectivity index is 1.84. The van der Waals surface area contributed by atoms with Crippen LogP contribution in [0.1, 0.15) is 5.56 Å². The molecule has 3 rings (SSSR count). The van der Waals surface area contributed by atoms with Crippen molar-refractivity contribution < 1.29 is 0 Å². The molecule has 0 N–H and O–H groups in total. The standard InChI is InChI=1S/C16H14S/c1-3-7-13(8-4-1)11-14-12-17-16-10-6-2-5-9-15(14)16/h1-10,12,16H,11H2. The van der Waals surface area contributed by atoms with Crippen molar-refractivity contribution in [1.82, 2.24) is 0 Å². The average molecular weight is 238 g/mol. The predicted octanol–water partition coefficient (Wildman–Crippen LogP) is 4.28. The molecule has 2 aliphatic rings. The smallest absolute Gasteiger partial charge is 0.0524 e. The van der Waals surface area contributed by atoms with E-state index in [1.54, 1.807) is 0 Å². The third-order valence-corrected chi connectivity index (χ3v) is 4.18. The Kier molecular flexibility index (Phi) is 3.02. The zero-order chi connectivity index (χ0) is 11.5. The van der Waals surface area contributed by atoms with E-state index in [0.717, 1.165) is 6.42 Å². The summed E-state index contributed by atoms with van der Waals surface area (Å²) in [6, 6.07) is 10.7. The molecule has 0 saturated heterocycles. The molecule has 0 bridgehead atoms. The molecule has 1 aliphatic carbocycles. The van der Waals surface area contributed by atoms with Crippen molar-refractivity contribution in [2.75, 3.05) is 0 Å². The molecular weight excluding hydrogens is 224 g/mol. The molecule has 84 valence electrons. The van der Waals surface area contributed by atoms with E-state index >= 15 is 0 Å². The Morgan fingerprint density at radius 1 is 1.00 bits per heavy atom. The lowest BCUT2D eigenvalue weighted by Crippen LogP contribution is -2.00. The summed E-state index contributed by atoms with van der Waals surface area (Å²) in [4.78, 5) is 0. The van der Waals surface area contributed by atoms with Crippen LogP contribution in [-0.4, -0.2) is 5.25 Å². The summed E-state index contributed by atoms with van der Waals surface area (Å²) >= 11 is 1.91. The summed E-state index contributed by atoms with van der Waals surface area (Å²) in [6.45, 7) is 0. The van der Waals surface area contributed by atoms with E-state index in [1.165, 1.54) is 16.7 Å². The highest BCUT2D eigenvalue weighted by atomic mass is 32.2. The summed E-state index contributed by atoms with van der Waals surface area (Å²) < 4.78 is 0. The van der Waals surface area contributed by atoms with Crippen LogP contribution in [0.5, 0.6) is 0 Å². The molecule has 17 heavy (non-hydrogen) atoms. The van der Waals surface area contributed by atoms with Crippen LogP contribution in [0.15, 0.2) is 77.3 Å². The van der Waals surface area contributed by atoms with E-state index < -0.39 is 0 Å². The highest BCUT2D eigenvalue weighted by Gasteiger charge is 2.21. The molecule has 0 aromatic heterocycles. The number of benzene rings is 1. The van der Waals surface area contributed by atoms with Crippen LogP contribution in [-0.2, 0) is 6.42 Å². The normalized spacial score (nSPS) is 21.8. The zero-order valence-electron chi connectivity index (χ0n) is 9.54. The second-order valence-electron chi connectivity index (χ2n) is 4.25. The Hall–Kier alpha value is -1.47. The number of allylic oxidation sites excluding steroid dienone is 5. The molecule has 0 nitrogen and oxygen atoms in total. The van der Waals surface area contributed by atoms with Gasteiger partial charge in [0.2, 0.25) is 0 Å². The van der Waals surface area contributed by atoms with Crippen molar-refractivity contribution in [3.8, 4) is 0 Å². The molecule has 0 fully saturated rings. The van der Waals surface area contributed by atoms with Gasteiger partial charge in [0, 0.05) is 0 Å². The summed E-state index contributed by atoms with van der Waals surface area (Å²) in [6.07, 6.45) is 11.9. The van der Waals surface area contributed by atoms with E-state index in [2.05, 4.69) is 66.1 Å². The largest absolute Gasteiger partial charge is 0.121 e. The van der Waals surface area contributed by atoms with E-state index in [9.17, 15) is 0 Å². The SMILES string of the molecule is C1=CC=C2C(Cc3ccccc3)=CSC2C=C1. The number of rotatable bonds is 2. The first-order valence-corrected chi connectivity index (χ1v) is 6.81. The van der Waals surface area contributed by atoms with Gasteiger partial charge in [0.1, 0.15) is 0 Å². The highest BCUT2D eigenvalue weighted by molar-refractivity contribution is 8.03. The van der Waals surface area contributed by atoms with E-state index in [1.807, 2.05) is 11.8 Å². The van der Waals surface area contributed by atoms with Crippen LogP contribution < -0.4 is 0 Å². The Morgan fingerprint density at radius 3 is 2.76 bits per heavy atom. The van der Waals surface area contributed by atoms with Crippen molar-refractivity contribution in [2.24, 2.45) is 0 Å². The van der Waals surface area contributed by atoms with Crippen molar-refractivity contribution in [2.45, 2.75) is 11.7 Å². The zero-order valence-corrected chi connectivity index (χ0v) is 10.4. The van der Waals surface area contributed by atoms with Crippen LogP contribution in [0, 0.1) is 0 Å². The van der Waals surface area contributed by atoms with E-state index in [4.69, 9.17) is 0 Å². The van der Waals surface area contributed by atoms with Crippen LogP contribution in [0.3, 0.4) is 0 Å². The van der Waals surface area contributed by atoms with Gasteiger partial charge in [-0.3, -0.25) is 0 Å². The summed E-state index contributed by atoms with van der Waals surface area (Å²) in [5, 5.41) is 2.83. The first kappa shape index (κ1) is 10.7. The van der Waals surface area contributed by atoms with E-state index in [-0.39, 0.29) is 0 Å². The Morgan fingerprint density at radius 2 is 1.88 bits per heavy atom. The van der Waals surface area contributed by atoms with Gasteiger partial charge in [-0.2, -0.15) is 0 Å². The number of hydrogen-bond donors (Lipinski definition) is 0. The molecule has 1 atom stereocenters. The maximum absolute atomic E-state index is 2.31. The van der Waals surface area contributed by atoms with Gasteiger partial charge in [-0.1, -0.05) is 60.7 Å². The van der Waals surface area contributed by atoms with Crippen LogP contribution in [0.2, 0.25) is 0 Å². The molecule has 1 aromatic rings. The minimum atomic E-state index is 0.517. The van der Waals surface area contributed by atoms with Gasteiger partial charge < -0.3 is 0 Å². The molecule has 0 radical (unpaired) electrons. The molecule has 0 saturated carbocycles. The van der Waals surface area contributed by atoms with Gasteiger partial charge in [-0.25, -0.2) is 0 Å². The molecule has 1 heterocycles. The highest BCUT2D eigenvalue weighted by Crippen LogP contribution is 2.38. The third-order valence-electron chi connectivity index (χ3n) is 3.06. The number of fused-ring (bicyclic) bond motifs is 1. The quantitative estimate of drug-likeness (QED) is 0.741. The maximum Gasteiger partial charge on any atom is 0.0524 e. The van der Waals surface area contributed by atoms with Gasteiger partial charge in [-0.15, -0.1) is 11.8 Å². The number of hydrogen-bond acceptors (Lipinski definition) is 1. The van der Waals surface area contributed by atoms with Crippen LogP contribution in [0.25, 0.3) is 0 Å². The van der Waals surface area contributed by atoms with Crippen LogP contribution in [0.4, 0.5) is 0 Å². The Labute approximate surface area is 106 Å². The topological polar surface area (TPSA) is 0 Å². The lowest BCUT2D eigenvalue weighted by atomic mass is 9.97. The van der Waals surface area contributed by atoms with Crippen molar-refractivity contribution in [3.63, 3.8) is 0 Å². The lowest BCUT2D eigenvalue weighted by molar-refractivity contribution is 1.13. The summed E-state index contributed by atoms with van der Waals surface area (Å²) in [7, 11) is 0. The van der Waals surface area contributed by atoms with Crippen molar-refractivity contribution >= 4 is 11.8 Å². The molecule has 0 spiro atoms. The fourth-order valence-corrected chi connectivity index (χ4v) is 3.27. The van der Waals surface area contributed by atoms with Crippen LogP contribution >= 0.6 is 11.8 Å². The van der Waals surface area contributed by atoms with Gasteiger partial charge in [-0.05, 0) is 28.5 Å². The lowest BCUT2D eigenvalue weighted by Gasteiger charge is -2.09. The molecule has 0 amide bonds. The van der Waals surface area contributed by atoms with Gasteiger partial charge in [0.15, 0.2) is 0 Å². The fourth-order valence-electron chi connectivity index (χ4n) is 2.18. The predicted molar refractivity (Wildman–Crippen MR) is 76.0 cm³/mol. The minimum absolute atomic E-state index is 0.517. The number of thioether (sulfide) groups is 1. The fraction of sp³-hybridized carbons (Fsp3) is 0.125. The maximum atomic E-state index is 2.31. The first-order chi connectivity index (χ1) is 8.43. The van der Waals surface area contributed by atoms with Crippen molar-refractivity contribution in [3.05, 3.63) is 82.8 Å². The Bertz CT molecular complexity index is 518. The van der Waals surface area contributed by atoms with Gasteiger partial charge in [0.05, 0.1) is 5.25 Å².